The Labute approximate surface area is 192 Å². The molecule has 3 heterocycles. The Morgan fingerprint density at radius 3 is 2.72 bits per heavy atom. The van der Waals surface area contributed by atoms with Crippen LogP contribution in [-0.2, 0) is 25.8 Å². The van der Waals surface area contributed by atoms with Crippen molar-refractivity contribution in [3.05, 3.63) is 52.0 Å². The van der Waals surface area contributed by atoms with Crippen LogP contribution >= 0.6 is 23.2 Å². The number of nitrogens with zero attached hydrogens (tertiary/aromatic N) is 2. The summed E-state index contributed by atoms with van der Waals surface area (Å²) in [6, 6.07) is 5.11. The minimum Gasteiger partial charge on any atom is -0.458 e. The fraction of sp³-hybridized carbons (Fsp3) is 0.333. The van der Waals surface area contributed by atoms with Crippen LogP contribution in [0.4, 0.5) is 5.82 Å². The van der Waals surface area contributed by atoms with Crippen molar-refractivity contribution in [1.82, 2.24) is 9.97 Å². The number of halogens is 2. The molecule has 5 N–H and O–H groups in total. The quantitative estimate of drug-likeness (QED) is 0.369. The van der Waals surface area contributed by atoms with Crippen molar-refractivity contribution in [2.24, 2.45) is 5.14 Å². The number of nitrogens with one attached hydrogen (secondary N) is 1. The average Bonchev–Trinajstić information content (AvgIpc) is 3.27. The zero-order chi connectivity index (χ0) is 23.0. The summed E-state index contributed by atoms with van der Waals surface area (Å²) in [6.45, 7) is -0.237. The van der Waals surface area contributed by atoms with Gasteiger partial charge in [-0.1, -0.05) is 29.3 Å². The molecule has 2 aromatic heterocycles. The number of aliphatic hydroxyl groups excluding tert-OH is 2. The van der Waals surface area contributed by atoms with E-state index in [0.29, 0.717) is 39.1 Å². The molecule has 14 heteroatoms. The van der Waals surface area contributed by atoms with E-state index in [0.717, 1.165) is 5.56 Å². The maximum absolute atomic E-state index is 11.0. The van der Waals surface area contributed by atoms with Crippen LogP contribution in [0.3, 0.4) is 0 Å². The van der Waals surface area contributed by atoms with Gasteiger partial charge in [0.1, 0.15) is 36.3 Å². The predicted molar refractivity (Wildman–Crippen MR) is 114 cm³/mol. The summed E-state index contributed by atoms with van der Waals surface area (Å²) in [5.74, 6) is 0.370. The molecule has 1 aliphatic rings. The van der Waals surface area contributed by atoms with E-state index in [4.69, 9.17) is 37.5 Å². The molecule has 172 valence electrons. The molecule has 32 heavy (non-hydrogen) atoms. The van der Waals surface area contributed by atoms with Crippen LogP contribution < -0.4 is 10.5 Å². The Morgan fingerprint density at radius 2 is 2.00 bits per heavy atom. The van der Waals surface area contributed by atoms with Gasteiger partial charge in [0.05, 0.1) is 12.9 Å². The lowest BCUT2D eigenvalue weighted by molar-refractivity contribution is -0.0155. The van der Waals surface area contributed by atoms with Gasteiger partial charge in [-0.15, -0.1) is 0 Å². The molecular formula is C18H18Cl2N4O7S. The topological polar surface area (TPSA) is 170 Å². The first kappa shape index (κ1) is 23.1. The molecule has 0 aliphatic carbocycles. The standard InChI is InChI=1S/C18H18Cl2N4O7S/c19-9-2-1-8(11(20)3-9)4-22-18-17-13(23-7-24-18)10(5-29-17)16-15(26)14(25)12(31-16)6-30-32(21,27)28/h1-3,5,7,12,14-16,25-26H,4,6H2,(H2,21,27,28)(H,22,23,24). The summed E-state index contributed by atoms with van der Waals surface area (Å²) >= 11 is 12.1. The molecule has 11 nitrogen and oxygen atoms in total. The van der Waals surface area contributed by atoms with Gasteiger partial charge in [-0.2, -0.15) is 8.42 Å². The van der Waals surface area contributed by atoms with Crippen LogP contribution in [0.25, 0.3) is 11.1 Å². The average molecular weight is 505 g/mol. The van der Waals surface area contributed by atoms with Gasteiger partial charge < -0.3 is 24.7 Å². The van der Waals surface area contributed by atoms with Crippen molar-refractivity contribution in [3.8, 4) is 0 Å². The number of hydrogen-bond donors (Lipinski definition) is 4. The van der Waals surface area contributed by atoms with Gasteiger partial charge in [0.25, 0.3) is 0 Å². The Morgan fingerprint density at radius 1 is 1.22 bits per heavy atom. The fourth-order valence-electron chi connectivity index (χ4n) is 3.35. The summed E-state index contributed by atoms with van der Waals surface area (Å²) in [7, 11) is -4.24. The van der Waals surface area contributed by atoms with Crippen LogP contribution in [0, 0.1) is 0 Å². The van der Waals surface area contributed by atoms with Gasteiger partial charge in [-0.25, -0.2) is 15.1 Å². The van der Waals surface area contributed by atoms with Crippen molar-refractivity contribution in [3.63, 3.8) is 0 Å². The van der Waals surface area contributed by atoms with Gasteiger partial charge in [-0.05, 0) is 17.7 Å². The number of anilines is 1. The summed E-state index contributed by atoms with van der Waals surface area (Å²) in [5, 5.41) is 29.6. The monoisotopic (exact) mass is 504 g/mol. The first-order valence-corrected chi connectivity index (χ1v) is 11.5. The Kier molecular flexibility index (Phi) is 6.56. The van der Waals surface area contributed by atoms with E-state index in [1.165, 1.54) is 12.6 Å². The SMILES string of the molecule is NS(=O)(=O)OCC1OC(c2coc3c(NCc4ccc(Cl)cc4Cl)ncnc23)C(O)C1O. The molecule has 4 atom stereocenters. The molecule has 1 aliphatic heterocycles. The normalized spacial score (nSPS) is 23.7. The highest BCUT2D eigenvalue weighted by atomic mass is 35.5. The summed E-state index contributed by atoms with van der Waals surface area (Å²) in [4.78, 5) is 8.37. The molecule has 1 saturated heterocycles. The van der Waals surface area contributed by atoms with E-state index in [9.17, 15) is 18.6 Å². The van der Waals surface area contributed by atoms with E-state index in [1.807, 2.05) is 0 Å². The second-order valence-corrected chi connectivity index (χ2v) is 9.10. The van der Waals surface area contributed by atoms with Crippen molar-refractivity contribution in [1.29, 1.82) is 0 Å². The minimum atomic E-state index is -4.24. The lowest BCUT2D eigenvalue weighted by atomic mass is 10.0. The molecule has 1 fully saturated rings. The van der Waals surface area contributed by atoms with E-state index in [2.05, 4.69) is 19.5 Å². The van der Waals surface area contributed by atoms with Crippen LogP contribution in [0.2, 0.25) is 10.0 Å². The second kappa shape index (κ2) is 9.08. The first-order valence-electron chi connectivity index (χ1n) is 9.22. The van der Waals surface area contributed by atoms with Gasteiger partial charge in [0, 0.05) is 22.2 Å². The third kappa shape index (κ3) is 4.82. The number of aliphatic hydroxyl groups is 2. The highest BCUT2D eigenvalue weighted by Crippen LogP contribution is 2.38. The molecule has 4 rings (SSSR count). The largest absolute Gasteiger partial charge is 0.458 e. The molecule has 3 aromatic rings. The van der Waals surface area contributed by atoms with Crippen LogP contribution in [0.5, 0.6) is 0 Å². The lowest BCUT2D eigenvalue weighted by Crippen LogP contribution is -2.34. The van der Waals surface area contributed by atoms with Gasteiger partial charge in [-0.3, -0.25) is 4.18 Å². The molecule has 0 bridgehead atoms. The second-order valence-electron chi connectivity index (χ2n) is 7.03. The Hall–Kier alpha value is -2.03. The minimum absolute atomic E-state index is 0.294. The van der Waals surface area contributed by atoms with Crippen molar-refractivity contribution in [2.45, 2.75) is 31.0 Å². The van der Waals surface area contributed by atoms with Gasteiger partial charge in [0.15, 0.2) is 11.4 Å². The number of aromatic nitrogens is 2. The molecule has 0 saturated carbocycles. The zero-order valence-corrected chi connectivity index (χ0v) is 18.5. The summed E-state index contributed by atoms with van der Waals surface area (Å²) in [5.41, 5.74) is 1.76. The molecule has 0 spiro atoms. The number of hydrogen-bond acceptors (Lipinski definition) is 10. The highest BCUT2D eigenvalue weighted by Gasteiger charge is 2.45. The maximum Gasteiger partial charge on any atom is 0.333 e. The maximum atomic E-state index is 11.0. The van der Waals surface area contributed by atoms with E-state index >= 15 is 0 Å². The van der Waals surface area contributed by atoms with E-state index < -0.39 is 41.3 Å². The number of benzene rings is 1. The highest BCUT2D eigenvalue weighted by molar-refractivity contribution is 7.84. The van der Waals surface area contributed by atoms with Crippen LogP contribution in [0.1, 0.15) is 17.2 Å². The molecule has 1 aromatic carbocycles. The molecule has 0 radical (unpaired) electrons. The van der Waals surface area contributed by atoms with Crippen LogP contribution in [0.15, 0.2) is 35.2 Å². The summed E-state index contributed by atoms with van der Waals surface area (Å²) < 4.78 is 37.7. The predicted octanol–water partition coefficient (Wildman–Crippen LogP) is 1.52. The number of rotatable bonds is 7. The third-order valence-corrected chi connectivity index (χ3v) is 5.96. The number of nitrogens with two attached hydrogens (primary N) is 1. The Bertz CT molecular complexity index is 1240. The number of ether oxygens (including phenoxy) is 1. The zero-order valence-electron chi connectivity index (χ0n) is 16.2. The molecular weight excluding hydrogens is 487 g/mol. The molecule has 4 unspecified atom stereocenters. The van der Waals surface area contributed by atoms with Gasteiger partial charge >= 0.3 is 10.3 Å². The van der Waals surface area contributed by atoms with E-state index in [1.54, 1.807) is 18.2 Å². The van der Waals surface area contributed by atoms with Crippen molar-refractivity contribution < 1.29 is 32.0 Å². The molecule has 0 amide bonds. The van der Waals surface area contributed by atoms with Gasteiger partial charge in [0.2, 0.25) is 0 Å². The lowest BCUT2D eigenvalue weighted by Gasteiger charge is -2.13. The number of fused-ring (bicyclic) bond motifs is 1. The van der Waals surface area contributed by atoms with Crippen molar-refractivity contribution >= 4 is 50.4 Å². The summed E-state index contributed by atoms with van der Waals surface area (Å²) in [6.07, 6.45) is -2.36. The van der Waals surface area contributed by atoms with Crippen molar-refractivity contribution in [2.75, 3.05) is 11.9 Å². The Balaban J connectivity index is 1.55. The third-order valence-electron chi connectivity index (χ3n) is 4.91. The first-order chi connectivity index (χ1) is 15.1. The van der Waals surface area contributed by atoms with Crippen LogP contribution in [-0.4, -0.2) is 53.5 Å². The smallest absolute Gasteiger partial charge is 0.333 e. The number of furan rings is 1. The fourth-order valence-corrected chi connectivity index (χ4v) is 4.15. The van der Waals surface area contributed by atoms with E-state index in [-0.39, 0.29) is 0 Å².